The Labute approximate surface area is 308 Å². The molecule has 0 radical (unpaired) electrons. The smallest absolute Gasteiger partial charge is 0.0468 e. The van der Waals surface area contributed by atoms with E-state index in [4.69, 9.17) is 0 Å². The molecule has 1 unspecified atom stereocenters. The predicted octanol–water partition coefficient (Wildman–Crippen LogP) is 14.0. The van der Waals surface area contributed by atoms with Gasteiger partial charge in [0.25, 0.3) is 0 Å². The number of fused-ring (bicyclic) bond motifs is 1. The number of hydrogen-bond acceptors (Lipinski definition) is 1. The largest absolute Gasteiger partial charge is 0.310 e. The maximum absolute atomic E-state index is 4.12. The average molecular weight is 668 g/mol. The Hall–Kier alpha value is -6.44. The number of rotatable bonds is 8. The summed E-state index contributed by atoms with van der Waals surface area (Å²) in [6.07, 6.45) is 6.36. The van der Waals surface area contributed by atoms with Crippen LogP contribution in [-0.2, 0) is 5.41 Å². The molecule has 0 saturated carbocycles. The topological polar surface area (TPSA) is 3.24 Å². The molecule has 7 aromatic carbocycles. The first-order chi connectivity index (χ1) is 25.6. The molecule has 1 nitrogen and oxygen atoms in total. The van der Waals surface area contributed by atoms with Crippen LogP contribution in [0.3, 0.4) is 0 Å². The zero-order chi connectivity index (χ0) is 35.5. The van der Waals surface area contributed by atoms with Crippen LogP contribution in [0.4, 0.5) is 17.1 Å². The van der Waals surface area contributed by atoms with Gasteiger partial charge >= 0.3 is 0 Å². The van der Waals surface area contributed by atoms with E-state index in [0.29, 0.717) is 0 Å². The summed E-state index contributed by atoms with van der Waals surface area (Å²) in [6, 6.07) is 65.8. The molecule has 1 heteroatoms. The quantitative estimate of drug-likeness (QED) is 0.156. The molecule has 1 atom stereocenters. The summed E-state index contributed by atoms with van der Waals surface area (Å²) in [5, 5.41) is 0. The molecule has 8 rings (SSSR count). The lowest BCUT2D eigenvalue weighted by atomic mass is 9.74. The monoisotopic (exact) mass is 667 g/mol. The molecule has 0 aliphatic heterocycles. The van der Waals surface area contributed by atoms with Crippen molar-refractivity contribution in [3.05, 3.63) is 229 Å². The lowest BCUT2D eigenvalue weighted by Crippen LogP contribution is -2.23. The van der Waals surface area contributed by atoms with Gasteiger partial charge in [-0.25, -0.2) is 0 Å². The molecule has 0 saturated heterocycles. The molecule has 250 valence electrons. The van der Waals surface area contributed by atoms with Crippen LogP contribution in [0, 0.1) is 0 Å². The number of benzene rings is 7. The minimum atomic E-state index is -0.363. The van der Waals surface area contributed by atoms with Crippen LogP contribution in [0.2, 0.25) is 0 Å². The highest BCUT2D eigenvalue weighted by Crippen LogP contribution is 2.55. The van der Waals surface area contributed by atoms with E-state index in [1.54, 1.807) is 0 Å². The van der Waals surface area contributed by atoms with Crippen LogP contribution >= 0.6 is 0 Å². The number of allylic oxidation sites excluding steroid dienone is 5. The molecule has 0 spiro atoms. The molecule has 52 heavy (non-hydrogen) atoms. The molecule has 0 fully saturated rings. The third-order valence-corrected chi connectivity index (χ3v) is 10.5. The average Bonchev–Trinajstić information content (AvgIpc) is 3.46. The van der Waals surface area contributed by atoms with Crippen molar-refractivity contribution in [2.75, 3.05) is 4.90 Å². The molecular weight excluding hydrogens is 627 g/mol. The van der Waals surface area contributed by atoms with E-state index in [-0.39, 0.29) is 5.41 Å². The SMILES string of the molecule is C=CC=C1/C(=C\C)c2ccc(N(c3ccc(-c4ccccc4)cc3)c3ccc(-c4ccccc4)c(-c4ccccc4)c3)cc2C1(C)c1ccccc1. The normalized spacial score (nSPS) is 16.5. The van der Waals surface area contributed by atoms with Crippen LogP contribution in [0.5, 0.6) is 0 Å². The van der Waals surface area contributed by atoms with Gasteiger partial charge in [0, 0.05) is 22.5 Å². The van der Waals surface area contributed by atoms with Gasteiger partial charge in [0.2, 0.25) is 0 Å². The fraction of sp³-hybridized carbons (Fsp3) is 0.0588. The van der Waals surface area contributed by atoms with Gasteiger partial charge in [0.1, 0.15) is 0 Å². The van der Waals surface area contributed by atoms with Gasteiger partial charge in [-0.05, 0) is 111 Å². The standard InChI is InChI=1S/C51H41N/c1-4-18-49-45(5-2)47-34-32-44(36-50(47)51(49,3)41-25-16-9-17-26-41)52(42-29-27-38(28-30-42)37-19-10-6-11-20-37)43-31-33-46(39-21-12-7-13-22-39)48(35-43)40-23-14-8-15-24-40/h4-36H,1H2,2-3H3/b45-5-,49-18?. The van der Waals surface area contributed by atoms with Gasteiger partial charge in [-0.15, -0.1) is 0 Å². The van der Waals surface area contributed by atoms with Crippen molar-refractivity contribution in [3.63, 3.8) is 0 Å². The lowest BCUT2D eigenvalue weighted by Gasteiger charge is -2.31. The zero-order valence-corrected chi connectivity index (χ0v) is 29.7. The number of nitrogens with zero attached hydrogens (tertiary/aromatic N) is 1. The molecule has 1 aliphatic carbocycles. The summed E-state index contributed by atoms with van der Waals surface area (Å²) in [4.78, 5) is 2.41. The van der Waals surface area contributed by atoms with Crippen LogP contribution in [0.1, 0.15) is 30.5 Å². The highest BCUT2D eigenvalue weighted by molar-refractivity contribution is 5.94. The van der Waals surface area contributed by atoms with Crippen LogP contribution in [0.25, 0.3) is 39.0 Å². The summed E-state index contributed by atoms with van der Waals surface area (Å²) in [5.74, 6) is 0. The van der Waals surface area contributed by atoms with Crippen molar-refractivity contribution in [3.8, 4) is 33.4 Å². The summed E-state index contributed by atoms with van der Waals surface area (Å²) < 4.78 is 0. The maximum Gasteiger partial charge on any atom is 0.0468 e. The number of hydrogen-bond donors (Lipinski definition) is 0. The Morgan fingerprint density at radius 3 is 1.54 bits per heavy atom. The highest BCUT2D eigenvalue weighted by Gasteiger charge is 2.43. The first-order valence-electron chi connectivity index (χ1n) is 18.0. The first-order valence-corrected chi connectivity index (χ1v) is 18.0. The molecule has 0 amide bonds. The van der Waals surface area contributed by atoms with Crippen molar-refractivity contribution in [1.82, 2.24) is 0 Å². The summed E-state index contributed by atoms with van der Waals surface area (Å²) >= 11 is 0. The zero-order valence-electron chi connectivity index (χ0n) is 29.7. The van der Waals surface area contributed by atoms with Gasteiger partial charge in [-0.2, -0.15) is 0 Å². The molecule has 0 aromatic heterocycles. The second-order valence-corrected chi connectivity index (χ2v) is 13.4. The first kappa shape index (κ1) is 32.7. The van der Waals surface area contributed by atoms with Crippen LogP contribution < -0.4 is 4.90 Å². The van der Waals surface area contributed by atoms with Crippen molar-refractivity contribution in [2.24, 2.45) is 0 Å². The summed E-state index contributed by atoms with van der Waals surface area (Å²) in [7, 11) is 0. The van der Waals surface area contributed by atoms with E-state index >= 15 is 0 Å². The van der Waals surface area contributed by atoms with Crippen LogP contribution in [-0.4, -0.2) is 0 Å². The van der Waals surface area contributed by atoms with Gasteiger partial charge in [-0.3, -0.25) is 0 Å². The maximum atomic E-state index is 4.12. The summed E-state index contributed by atoms with van der Waals surface area (Å²) in [6.45, 7) is 8.62. The van der Waals surface area contributed by atoms with Gasteiger partial charge in [0.15, 0.2) is 0 Å². The predicted molar refractivity (Wildman–Crippen MR) is 222 cm³/mol. The lowest BCUT2D eigenvalue weighted by molar-refractivity contribution is 0.714. The Balaban J connectivity index is 1.36. The Kier molecular flexibility index (Phi) is 8.85. The molecule has 0 bridgehead atoms. The highest BCUT2D eigenvalue weighted by atomic mass is 15.1. The molecule has 0 N–H and O–H groups in total. The van der Waals surface area contributed by atoms with E-state index in [1.165, 1.54) is 61.2 Å². The second-order valence-electron chi connectivity index (χ2n) is 13.4. The van der Waals surface area contributed by atoms with E-state index in [9.17, 15) is 0 Å². The minimum Gasteiger partial charge on any atom is -0.310 e. The van der Waals surface area contributed by atoms with Crippen LogP contribution in [0.15, 0.2) is 212 Å². The fourth-order valence-electron chi connectivity index (χ4n) is 7.93. The van der Waals surface area contributed by atoms with E-state index in [0.717, 1.165) is 17.1 Å². The molecular formula is C51H41N. The fourth-order valence-corrected chi connectivity index (χ4v) is 7.93. The van der Waals surface area contributed by atoms with Crippen molar-refractivity contribution in [2.45, 2.75) is 19.3 Å². The van der Waals surface area contributed by atoms with E-state index in [2.05, 4.69) is 219 Å². The van der Waals surface area contributed by atoms with Crippen molar-refractivity contribution in [1.29, 1.82) is 0 Å². The third-order valence-electron chi connectivity index (χ3n) is 10.5. The Morgan fingerprint density at radius 1 is 0.481 bits per heavy atom. The van der Waals surface area contributed by atoms with Crippen molar-refractivity contribution < 1.29 is 0 Å². The second kappa shape index (κ2) is 14.1. The van der Waals surface area contributed by atoms with Gasteiger partial charge < -0.3 is 4.90 Å². The van der Waals surface area contributed by atoms with Crippen molar-refractivity contribution >= 4 is 22.6 Å². The van der Waals surface area contributed by atoms with Gasteiger partial charge in [-0.1, -0.05) is 170 Å². The molecule has 0 heterocycles. The Morgan fingerprint density at radius 2 is 0.962 bits per heavy atom. The Bertz CT molecular complexity index is 2400. The third kappa shape index (κ3) is 5.81. The van der Waals surface area contributed by atoms with Gasteiger partial charge in [0.05, 0.1) is 0 Å². The molecule has 7 aromatic rings. The molecule has 1 aliphatic rings. The summed E-state index contributed by atoms with van der Waals surface area (Å²) in [5.41, 5.74) is 16.4. The minimum absolute atomic E-state index is 0.363. The number of anilines is 3. The van der Waals surface area contributed by atoms with E-state index in [1.807, 2.05) is 6.08 Å². The van der Waals surface area contributed by atoms with E-state index < -0.39 is 0 Å².